The molecule has 0 unspecified atom stereocenters. The minimum Gasteiger partial charge on any atom is -0.546 e. The second kappa shape index (κ2) is 14.9. The van der Waals surface area contributed by atoms with E-state index >= 15 is 0 Å². The molecular formula is C20H18K2O9. The van der Waals surface area contributed by atoms with Crippen LogP contribution < -0.4 is 122 Å². The van der Waals surface area contributed by atoms with Crippen molar-refractivity contribution in [2.24, 2.45) is 0 Å². The molecule has 0 aliphatic heterocycles. The van der Waals surface area contributed by atoms with Crippen LogP contribution in [0.4, 0.5) is 0 Å². The van der Waals surface area contributed by atoms with Crippen LogP contribution in [0.5, 0.6) is 11.5 Å². The van der Waals surface area contributed by atoms with E-state index in [0.29, 0.717) is 5.56 Å². The van der Waals surface area contributed by atoms with E-state index in [0.717, 1.165) is 0 Å². The third kappa shape index (κ3) is 8.61. The molecule has 0 heterocycles. The Hall–Kier alpha value is -0.157. The molecule has 0 amide bonds. The summed E-state index contributed by atoms with van der Waals surface area (Å²) in [6, 6.07) is 11.7. The minimum absolute atomic E-state index is 0. The molecule has 2 aromatic carbocycles. The van der Waals surface area contributed by atoms with Crippen molar-refractivity contribution in [3.63, 3.8) is 0 Å². The fourth-order valence-electron chi connectivity index (χ4n) is 2.58. The molecule has 154 valence electrons. The summed E-state index contributed by atoms with van der Waals surface area (Å²) in [6.07, 6.45) is 0. The van der Waals surface area contributed by atoms with Gasteiger partial charge in [0, 0.05) is 25.3 Å². The Morgan fingerprint density at radius 1 is 0.742 bits per heavy atom. The second-order valence-electron chi connectivity index (χ2n) is 5.72. The number of Topliss-reactive ketones (excluding diaryl/α,β-unsaturated/α-hetero) is 1. The zero-order valence-corrected chi connectivity index (χ0v) is 24.0. The molecule has 0 aliphatic rings. The summed E-state index contributed by atoms with van der Waals surface area (Å²) in [6.45, 7) is -1.22. The fourth-order valence-corrected chi connectivity index (χ4v) is 2.58. The molecule has 0 bridgehead atoms. The van der Waals surface area contributed by atoms with Gasteiger partial charge in [-0.3, -0.25) is 4.79 Å². The number of rotatable bonds is 11. The average molecular weight is 481 g/mol. The second-order valence-corrected chi connectivity index (χ2v) is 5.72. The Morgan fingerprint density at radius 3 is 1.48 bits per heavy atom. The Morgan fingerprint density at radius 2 is 1.13 bits per heavy atom. The van der Waals surface area contributed by atoms with Gasteiger partial charge in [0.2, 0.25) is 5.78 Å². The quantitative estimate of drug-likeness (QED) is 0.175. The summed E-state index contributed by atoms with van der Waals surface area (Å²) in [4.78, 5) is 34.0. The van der Waals surface area contributed by atoms with Crippen LogP contribution in [0, 0.1) is 0 Å². The van der Waals surface area contributed by atoms with Gasteiger partial charge < -0.3 is 38.7 Å². The van der Waals surface area contributed by atoms with E-state index in [4.69, 9.17) is 18.9 Å². The van der Waals surface area contributed by atoms with Crippen molar-refractivity contribution in [3.8, 4) is 11.5 Å². The van der Waals surface area contributed by atoms with E-state index in [2.05, 4.69) is 0 Å². The number of methoxy groups -OCH3 is 2. The van der Waals surface area contributed by atoms with E-state index in [-0.39, 0.29) is 120 Å². The summed E-state index contributed by atoms with van der Waals surface area (Å²) >= 11 is 0. The van der Waals surface area contributed by atoms with E-state index in [1.165, 1.54) is 62.8 Å². The van der Waals surface area contributed by atoms with Gasteiger partial charge in [0.25, 0.3) is 5.79 Å². The molecule has 0 saturated heterocycles. The van der Waals surface area contributed by atoms with Crippen LogP contribution in [0.1, 0.15) is 15.9 Å². The zero-order valence-electron chi connectivity index (χ0n) is 17.7. The van der Waals surface area contributed by atoms with Gasteiger partial charge in [0.05, 0.1) is 11.9 Å². The molecule has 0 atom stereocenters. The number of aliphatic carboxylic acids is 2. The molecule has 11 heteroatoms. The first kappa shape index (κ1) is 30.8. The molecule has 0 fully saturated rings. The standard InChI is InChI=1S/C20H20O9.2K/c1-26-20(27-2,14-5-9-16(10-6-14)29-12-18(23)24)19(25)13-3-7-15(8-4-13)28-11-17(21)22;;/h3-10H,11-12H2,1-2H3,(H,21,22)(H,23,24);;/q;2*+1/p-2. The first-order valence-electron chi connectivity index (χ1n) is 8.33. The Kier molecular flexibility index (Phi) is 14.8. The minimum atomic E-state index is -1.76. The first-order valence-corrected chi connectivity index (χ1v) is 8.33. The summed E-state index contributed by atoms with van der Waals surface area (Å²) in [5.74, 6) is -4.49. The molecule has 0 spiro atoms. The number of hydrogen-bond acceptors (Lipinski definition) is 9. The normalized spacial score (nSPS) is 10.3. The van der Waals surface area contributed by atoms with Crippen LogP contribution in [-0.2, 0) is 24.8 Å². The molecular weight excluding hydrogens is 462 g/mol. The Labute approximate surface area is 264 Å². The number of carboxylic acids is 2. The summed E-state index contributed by atoms with van der Waals surface area (Å²) in [5, 5.41) is 20.9. The molecule has 0 aromatic heterocycles. The van der Waals surface area contributed by atoms with Gasteiger partial charge in [-0.1, -0.05) is 0 Å². The molecule has 31 heavy (non-hydrogen) atoms. The molecule has 2 rings (SSSR count). The molecule has 0 radical (unpaired) electrons. The van der Waals surface area contributed by atoms with Crippen LogP contribution in [-0.4, -0.2) is 45.2 Å². The van der Waals surface area contributed by atoms with Crippen molar-refractivity contribution in [2.45, 2.75) is 5.79 Å². The number of hydrogen-bond donors (Lipinski definition) is 0. The maximum atomic E-state index is 13.1. The maximum Gasteiger partial charge on any atom is 1.00 e. The van der Waals surface area contributed by atoms with Crippen molar-refractivity contribution in [1.82, 2.24) is 0 Å². The number of ketones is 1. The van der Waals surface area contributed by atoms with Crippen LogP contribution in [0.2, 0.25) is 0 Å². The van der Waals surface area contributed by atoms with Gasteiger partial charge in [-0.25, -0.2) is 0 Å². The van der Waals surface area contributed by atoms with Crippen molar-refractivity contribution in [3.05, 3.63) is 59.7 Å². The van der Waals surface area contributed by atoms with Gasteiger partial charge in [0.15, 0.2) is 0 Å². The molecule has 9 nitrogen and oxygen atoms in total. The predicted molar refractivity (Wildman–Crippen MR) is 93.9 cm³/mol. The van der Waals surface area contributed by atoms with E-state index in [1.807, 2.05) is 0 Å². The molecule has 0 N–H and O–H groups in total. The van der Waals surface area contributed by atoms with E-state index < -0.39 is 36.7 Å². The average Bonchev–Trinajstić information content (AvgIpc) is 2.73. The Bertz CT molecular complexity index is 863. The monoisotopic (exact) mass is 480 g/mol. The number of benzene rings is 2. The van der Waals surface area contributed by atoms with Gasteiger partial charge in [0.1, 0.15) is 24.7 Å². The van der Waals surface area contributed by atoms with E-state index in [1.54, 1.807) is 0 Å². The smallest absolute Gasteiger partial charge is 0.546 e. The molecule has 0 aliphatic carbocycles. The topological polar surface area (TPSA) is 134 Å². The van der Waals surface area contributed by atoms with Crippen molar-refractivity contribution >= 4 is 17.7 Å². The number of carbonyl (C=O) groups is 3. The summed E-state index contributed by atoms with van der Waals surface area (Å²) < 4.78 is 20.8. The third-order valence-electron chi connectivity index (χ3n) is 3.94. The zero-order chi connectivity index (χ0) is 21.4. The summed E-state index contributed by atoms with van der Waals surface area (Å²) in [5.41, 5.74) is 0.581. The van der Waals surface area contributed by atoms with Gasteiger partial charge in [-0.2, -0.15) is 0 Å². The maximum absolute atomic E-state index is 13.1. The predicted octanol–water partition coefficient (Wildman–Crippen LogP) is -6.72. The Balaban J connectivity index is 0.00000450. The summed E-state index contributed by atoms with van der Waals surface area (Å²) in [7, 11) is 2.61. The number of carbonyl (C=O) groups excluding carboxylic acids is 3. The van der Waals surface area contributed by atoms with Crippen LogP contribution >= 0.6 is 0 Å². The third-order valence-corrected chi connectivity index (χ3v) is 3.94. The van der Waals surface area contributed by atoms with Gasteiger partial charge >= 0.3 is 103 Å². The van der Waals surface area contributed by atoms with Crippen molar-refractivity contribution < 1.29 is 146 Å². The van der Waals surface area contributed by atoms with E-state index in [9.17, 15) is 24.6 Å². The number of carboxylic acid groups (broad SMARTS) is 2. The largest absolute Gasteiger partial charge is 1.00 e. The van der Waals surface area contributed by atoms with Crippen LogP contribution in [0.15, 0.2) is 48.5 Å². The van der Waals surface area contributed by atoms with Crippen LogP contribution in [0.25, 0.3) is 0 Å². The SMILES string of the molecule is COC(OC)(C(=O)c1ccc(OCC(=O)[O-])cc1)c1ccc(OCC(=O)[O-])cc1.[K+].[K+]. The van der Waals surface area contributed by atoms with Crippen molar-refractivity contribution in [2.75, 3.05) is 27.4 Å². The van der Waals surface area contributed by atoms with Gasteiger partial charge in [-0.05, 0) is 48.5 Å². The van der Waals surface area contributed by atoms with Crippen LogP contribution in [0.3, 0.4) is 0 Å². The first-order chi connectivity index (χ1) is 13.8. The number of ether oxygens (including phenoxy) is 4. The van der Waals surface area contributed by atoms with Crippen molar-refractivity contribution in [1.29, 1.82) is 0 Å². The van der Waals surface area contributed by atoms with Gasteiger partial charge in [-0.15, -0.1) is 0 Å². The molecule has 0 saturated carbocycles. The fraction of sp³-hybridized carbons (Fsp3) is 0.250. The molecule has 2 aromatic rings.